The van der Waals surface area contributed by atoms with Gasteiger partial charge in [0.25, 0.3) is 0 Å². The smallest absolute Gasteiger partial charge is 0.219 e. The first-order valence-electron chi connectivity index (χ1n) is 9.79. The molecule has 158 valence electrons. The van der Waals surface area contributed by atoms with Crippen LogP contribution in [0.3, 0.4) is 0 Å². The minimum Gasteiger partial charge on any atom is -0.348 e. The summed E-state index contributed by atoms with van der Waals surface area (Å²) in [5.41, 5.74) is 4.94. The second kappa shape index (κ2) is 9.86. The van der Waals surface area contributed by atoms with Gasteiger partial charge in [-0.25, -0.2) is 8.42 Å². The molecular weight excluding hydrogens is 424 g/mol. The number of nitrogens with zero attached hydrogens (tertiary/aromatic N) is 1. The molecule has 0 heterocycles. The maximum absolute atomic E-state index is 13.3. The van der Waals surface area contributed by atoms with Gasteiger partial charge in [-0.1, -0.05) is 66.2 Å². The summed E-state index contributed by atoms with van der Waals surface area (Å²) in [4.78, 5) is -0.178. The van der Waals surface area contributed by atoms with E-state index in [0.29, 0.717) is 10.8 Å². The summed E-state index contributed by atoms with van der Waals surface area (Å²) in [6, 6.07) is 23.9. The van der Waals surface area contributed by atoms with Gasteiger partial charge in [0.2, 0.25) is 9.84 Å². The highest BCUT2D eigenvalue weighted by molar-refractivity contribution is 8.04. The van der Waals surface area contributed by atoms with Crippen LogP contribution in [0.2, 0.25) is 0 Å². The molecule has 0 saturated carbocycles. The highest BCUT2D eigenvalue weighted by Gasteiger charge is 2.26. The molecule has 1 N–H and O–H groups in total. The van der Waals surface area contributed by atoms with Crippen molar-refractivity contribution in [1.29, 1.82) is 5.26 Å². The van der Waals surface area contributed by atoms with Crippen LogP contribution in [0.1, 0.15) is 22.3 Å². The molecule has 0 aliphatic heterocycles. The van der Waals surface area contributed by atoms with Gasteiger partial charge in [-0.05, 0) is 49.6 Å². The molecular formula is C25H24N2O2S2. The Balaban J connectivity index is 2.09. The molecule has 31 heavy (non-hydrogen) atoms. The monoisotopic (exact) mass is 448 g/mol. The number of allylic oxidation sites excluding steroid dienone is 1. The Labute approximate surface area is 188 Å². The number of nitriles is 1. The standard InChI is InChI=1S/C25H24N2O2S2/c1-18-9-7-12-21(15-18)17-30-25(27-24-19(2)10-8-11-20(24)3)23(16-26)31(28,29)22-13-5-4-6-14-22/h4-15,27H,17H2,1-3H3. The molecule has 0 aliphatic rings. The molecule has 0 bridgehead atoms. The summed E-state index contributed by atoms with van der Waals surface area (Å²) < 4.78 is 26.6. The van der Waals surface area contributed by atoms with Crippen LogP contribution < -0.4 is 5.32 Å². The molecule has 0 atom stereocenters. The number of hydrogen-bond acceptors (Lipinski definition) is 5. The minimum absolute atomic E-state index is 0.100. The fraction of sp³-hybridized carbons (Fsp3) is 0.160. The Morgan fingerprint density at radius 2 is 1.58 bits per heavy atom. The van der Waals surface area contributed by atoms with Gasteiger partial charge < -0.3 is 5.32 Å². The van der Waals surface area contributed by atoms with Gasteiger partial charge in [-0.3, -0.25) is 0 Å². The number of aryl methyl sites for hydroxylation is 3. The number of benzene rings is 3. The summed E-state index contributed by atoms with van der Waals surface area (Å²) in [5, 5.41) is 13.5. The van der Waals surface area contributed by atoms with E-state index in [9.17, 15) is 13.7 Å². The lowest BCUT2D eigenvalue weighted by Gasteiger charge is -2.17. The van der Waals surface area contributed by atoms with Crippen LogP contribution in [-0.4, -0.2) is 8.42 Å². The van der Waals surface area contributed by atoms with Crippen molar-refractivity contribution in [1.82, 2.24) is 0 Å². The predicted octanol–water partition coefficient (Wildman–Crippen LogP) is 6.12. The Hall–Kier alpha value is -3.01. The van der Waals surface area contributed by atoms with E-state index >= 15 is 0 Å². The second-order valence-corrected chi connectivity index (χ2v) is 10.1. The predicted molar refractivity (Wildman–Crippen MR) is 128 cm³/mol. The number of thioether (sulfide) groups is 1. The van der Waals surface area contributed by atoms with Crippen molar-refractivity contribution in [2.24, 2.45) is 0 Å². The fourth-order valence-electron chi connectivity index (χ4n) is 3.19. The third-order valence-electron chi connectivity index (χ3n) is 4.82. The first kappa shape index (κ1) is 22.7. The lowest BCUT2D eigenvalue weighted by Crippen LogP contribution is -2.11. The van der Waals surface area contributed by atoms with Crippen LogP contribution in [0.15, 0.2) is 87.6 Å². The lowest BCUT2D eigenvalue weighted by atomic mass is 10.1. The molecule has 3 rings (SSSR count). The van der Waals surface area contributed by atoms with E-state index in [1.807, 2.05) is 63.2 Å². The van der Waals surface area contributed by atoms with Gasteiger partial charge in [0.1, 0.15) is 11.1 Å². The molecule has 0 aliphatic carbocycles. The van der Waals surface area contributed by atoms with Crippen molar-refractivity contribution >= 4 is 27.3 Å². The molecule has 6 heteroatoms. The number of para-hydroxylation sites is 1. The van der Waals surface area contributed by atoms with Gasteiger partial charge >= 0.3 is 0 Å². The number of hydrogen-bond donors (Lipinski definition) is 1. The quantitative estimate of drug-likeness (QED) is 0.441. The van der Waals surface area contributed by atoms with Crippen LogP contribution >= 0.6 is 11.8 Å². The van der Waals surface area contributed by atoms with Crippen LogP contribution in [0, 0.1) is 32.1 Å². The van der Waals surface area contributed by atoms with Crippen LogP contribution in [0.5, 0.6) is 0 Å². The molecule has 0 aromatic heterocycles. The number of nitrogens with one attached hydrogen (secondary N) is 1. The SMILES string of the molecule is Cc1cccc(CSC(Nc2c(C)cccc2C)=C(C#N)S(=O)(=O)c2ccccc2)c1. The van der Waals surface area contributed by atoms with E-state index in [4.69, 9.17) is 0 Å². The maximum atomic E-state index is 13.3. The van der Waals surface area contributed by atoms with Crippen molar-refractivity contribution in [2.45, 2.75) is 31.4 Å². The average molecular weight is 449 g/mol. The fourth-order valence-corrected chi connectivity index (χ4v) is 5.71. The molecule has 3 aromatic carbocycles. The Morgan fingerprint density at radius 3 is 2.19 bits per heavy atom. The largest absolute Gasteiger partial charge is 0.348 e. The van der Waals surface area contributed by atoms with Gasteiger partial charge in [0, 0.05) is 11.4 Å². The van der Waals surface area contributed by atoms with Gasteiger partial charge in [-0.2, -0.15) is 5.26 Å². The summed E-state index contributed by atoms with van der Waals surface area (Å²) in [7, 11) is -3.97. The maximum Gasteiger partial charge on any atom is 0.219 e. The van der Waals surface area contributed by atoms with E-state index in [0.717, 1.165) is 27.9 Å². The van der Waals surface area contributed by atoms with Gasteiger partial charge in [0.05, 0.1) is 4.90 Å². The highest BCUT2D eigenvalue weighted by atomic mass is 32.2. The van der Waals surface area contributed by atoms with Crippen LogP contribution in [-0.2, 0) is 15.6 Å². The average Bonchev–Trinajstić information content (AvgIpc) is 2.75. The summed E-state index contributed by atoms with van der Waals surface area (Å²) >= 11 is 1.32. The minimum atomic E-state index is -3.97. The van der Waals surface area contributed by atoms with Crippen molar-refractivity contribution < 1.29 is 8.42 Å². The number of sulfone groups is 1. The van der Waals surface area contributed by atoms with Gasteiger partial charge in [-0.15, -0.1) is 11.8 Å². The zero-order valence-electron chi connectivity index (χ0n) is 17.7. The third kappa shape index (κ3) is 5.38. The van der Waals surface area contributed by atoms with Gasteiger partial charge in [0.15, 0.2) is 4.91 Å². The van der Waals surface area contributed by atoms with Crippen molar-refractivity contribution in [3.05, 3.63) is 105 Å². The molecule has 0 spiro atoms. The zero-order chi connectivity index (χ0) is 22.4. The van der Waals surface area contributed by atoms with E-state index in [-0.39, 0.29) is 9.80 Å². The molecule has 0 saturated heterocycles. The second-order valence-electron chi connectivity index (χ2n) is 7.26. The first-order valence-corrected chi connectivity index (χ1v) is 12.3. The summed E-state index contributed by atoms with van der Waals surface area (Å²) in [5.74, 6) is 0.532. The van der Waals surface area contributed by atoms with Crippen molar-refractivity contribution in [3.8, 4) is 6.07 Å². The number of anilines is 1. The molecule has 0 radical (unpaired) electrons. The first-order chi connectivity index (χ1) is 14.8. The molecule has 0 amide bonds. The molecule has 0 unspecified atom stereocenters. The molecule has 3 aromatic rings. The van der Waals surface area contributed by atoms with Crippen LogP contribution in [0.25, 0.3) is 0 Å². The Morgan fingerprint density at radius 1 is 0.935 bits per heavy atom. The highest BCUT2D eigenvalue weighted by Crippen LogP contribution is 2.33. The number of rotatable bonds is 7. The zero-order valence-corrected chi connectivity index (χ0v) is 19.3. The van der Waals surface area contributed by atoms with E-state index in [2.05, 4.69) is 11.4 Å². The lowest BCUT2D eigenvalue weighted by molar-refractivity contribution is 0.603. The normalized spacial score (nSPS) is 12.1. The Bertz CT molecular complexity index is 1240. The van der Waals surface area contributed by atoms with E-state index in [1.165, 1.54) is 23.9 Å². The molecule has 0 fully saturated rings. The summed E-state index contributed by atoms with van der Waals surface area (Å²) in [6.07, 6.45) is 0. The van der Waals surface area contributed by atoms with E-state index < -0.39 is 9.84 Å². The third-order valence-corrected chi connectivity index (χ3v) is 7.74. The van der Waals surface area contributed by atoms with Crippen LogP contribution in [0.4, 0.5) is 5.69 Å². The van der Waals surface area contributed by atoms with Crippen molar-refractivity contribution in [3.63, 3.8) is 0 Å². The summed E-state index contributed by atoms with van der Waals surface area (Å²) in [6.45, 7) is 5.92. The van der Waals surface area contributed by atoms with Crippen molar-refractivity contribution in [2.75, 3.05) is 5.32 Å². The Kier molecular flexibility index (Phi) is 7.21. The topological polar surface area (TPSA) is 70.0 Å². The molecule has 4 nitrogen and oxygen atoms in total. The van der Waals surface area contributed by atoms with E-state index in [1.54, 1.807) is 18.2 Å².